The van der Waals surface area contributed by atoms with Gasteiger partial charge in [0.1, 0.15) is 5.75 Å². The van der Waals surface area contributed by atoms with Crippen LogP contribution >= 0.6 is 0 Å². The van der Waals surface area contributed by atoms with Gasteiger partial charge in [-0.05, 0) is 25.1 Å². The largest absolute Gasteiger partial charge is 0.496 e. The number of benzene rings is 1. The van der Waals surface area contributed by atoms with Crippen LogP contribution in [0.3, 0.4) is 0 Å². The van der Waals surface area contributed by atoms with Gasteiger partial charge >= 0.3 is 0 Å². The highest BCUT2D eigenvalue weighted by Crippen LogP contribution is 2.29. The molecule has 1 aromatic carbocycles. The molecule has 0 radical (unpaired) electrons. The Morgan fingerprint density at radius 2 is 2.19 bits per heavy atom. The van der Waals surface area contributed by atoms with E-state index in [0.717, 1.165) is 17.0 Å². The zero-order chi connectivity index (χ0) is 11.5. The maximum atomic E-state index is 5.98. The molecule has 1 heterocycles. The number of hydrogen-bond donors (Lipinski definition) is 1. The molecule has 0 bridgehead atoms. The van der Waals surface area contributed by atoms with Crippen LogP contribution in [0.5, 0.6) is 5.75 Å². The Hall–Kier alpha value is -1.81. The second-order valence-corrected chi connectivity index (χ2v) is 3.63. The smallest absolute Gasteiger partial charge is 0.125 e. The Morgan fingerprint density at radius 1 is 1.38 bits per heavy atom. The van der Waals surface area contributed by atoms with E-state index in [2.05, 4.69) is 5.10 Å². The highest BCUT2D eigenvalue weighted by molar-refractivity contribution is 5.50. The number of hydrogen-bond acceptors (Lipinski definition) is 3. The average molecular weight is 217 g/mol. The predicted molar refractivity (Wildman–Crippen MR) is 62.7 cm³/mol. The number of aromatic nitrogens is 2. The van der Waals surface area contributed by atoms with Gasteiger partial charge in [0, 0.05) is 24.0 Å². The van der Waals surface area contributed by atoms with Crippen molar-refractivity contribution in [3.05, 3.63) is 42.2 Å². The van der Waals surface area contributed by atoms with E-state index in [-0.39, 0.29) is 6.04 Å². The molecule has 2 rings (SSSR count). The molecule has 2 aromatic rings. The van der Waals surface area contributed by atoms with Crippen molar-refractivity contribution in [2.24, 2.45) is 5.73 Å². The molecule has 0 saturated carbocycles. The Kier molecular flexibility index (Phi) is 2.92. The lowest BCUT2D eigenvalue weighted by Gasteiger charge is -2.16. The molecule has 0 spiro atoms. The van der Waals surface area contributed by atoms with Gasteiger partial charge in [-0.1, -0.05) is 6.07 Å². The predicted octanol–water partition coefficient (Wildman–Crippen LogP) is 1.90. The minimum absolute atomic E-state index is 0.102. The van der Waals surface area contributed by atoms with Gasteiger partial charge in [-0.2, -0.15) is 5.10 Å². The van der Waals surface area contributed by atoms with Crippen LogP contribution in [0.2, 0.25) is 0 Å². The maximum absolute atomic E-state index is 5.98. The first-order valence-electron chi connectivity index (χ1n) is 5.16. The van der Waals surface area contributed by atoms with Crippen molar-refractivity contribution in [3.8, 4) is 11.4 Å². The summed E-state index contributed by atoms with van der Waals surface area (Å²) in [4.78, 5) is 0. The number of rotatable bonds is 3. The van der Waals surface area contributed by atoms with E-state index in [1.54, 1.807) is 18.0 Å². The standard InChI is InChI=1S/C12H15N3O/c1-9(13)12-10(15-8-4-7-14-15)5-3-6-11(12)16-2/h3-9H,13H2,1-2H3. The topological polar surface area (TPSA) is 53.1 Å². The molecule has 0 saturated heterocycles. The van der Waals surface area contributed by atoms with Crippen LogP contribution < -0.4 is 10.5 Å². The van der Waals surface area contributed by atoms with E-state index >= 15 is 0 Å². The average Bonchev–Trinajstić information content (AvgIpc) is 2.81. The summed E-state index contributed by atoms with van der Waals surface area (Å²) in [7, 11) is 1.65. The number of ether oxygens (including phenoxy) is 1. The van der Waals surface area contributed by atoms with Gasteiger partial charge in [0.2, 0.25) is 0 Å². The second-order valence-electron chi connectivity index (χ2n) is 3.63. The third-order valence-electron chi connectivity index (χ3n) is 2.47. The Bertz CT molecular complexity index is 463. The Morgan fingerprint density at radius 3 is 2.75 bits per heavy atom. The summed E-state index contributed by atoms with van der Waals surface area (Å²) in [6, 6.07) is 7.60. The summed E-state index contributed by atoms with van der Waals surface area (Å²) in [6.45, 7) is 1.94. The van der Waals surface area contributed by atoms with Crippen LogP contribution in [0, 0.1) is 0 Å². The van der Waals surface area contributed by atoms with Gasteiger partial charge in [0.15, 0.2) is 0 Å². The SMILES string of the molecule is COc1cccc(-n2cccn2)c1C(C)N. The molecule has 0 aliphatic heterocycles. The molecule has 4 heteroatoms. The van der Waals surface area contributed by atoms with E-state index < -0.39 is 0 Å². The van der Waals surface area contributed by atoms with E-state index in [0.29, 0.717) is 0 Å². The second kappa shape index (κ2) is 4.37. The van der Waals surface area contributed by atoms with Gasteiger partial charge in [-0.25, -0.2) is 4.68 Å². The fourth-order valence-electron chi connectivity index (χ4n) is 1.78. The van der Waals surface area contributed by atoms with Gasteiger partial charge in [-0.15, -0.1) is 0 Å². The zero-order valence-corrected chi connectivity index (χ0v) is 9.42. The third-order valence-corrected chi connectivity index (χ3v) is 2.47. The Balaban J connectivity index is 2.61. The van der Waals surface area contributed by atoms with E-state index in [4.69, 9.17) is 10.5 Å². The molecule has 0 aliphatic rings. The minimum atomic E-state index is -0.102. The summed E-state index contributed by atoms with van der Waals surface area (Å²) in [5, 5.41) is 4.21. The fraction of sp³-hybridized carbons (Fsp3) is 0.250. The summed E-state index contributed by atoms with van der Waals surface area (Å²) in [6.07, 6.45) is 3.63. The molecular formula is C12H15N3O. The van der Waals surface area contributed by atoms with Crippen LogP contribution in [-0.2, 0) is 0 Å². The summed E-state index contributed by atoms with van der Waals surface area (Å²) < 4.78 is 7.12. The number of nitrogens with two attached hydrogens (primary N) is 1. The van der Waals surface area contributed by atoms with Crippen molar-refractivity contribution in [1.82, 2.24) is 9.78 Å². The normalized spacial score (nSPS) is 12.4. The first kappa shape index (κ1) is 10.7. The molecule has 2 N–H and O–H groups in total. The van der Waals surface area contributed by atoms with E-state index in [1.807, 2.05) is 37.4 Å². The lowest BCUT2D eigenvalue weighted by molar-refractivity contribution is 0.406. The van der Waals surface area contributed by atoms with Crippen LogP contribution in [0.1, 0.15) is 18.5 Å². The van der Waals surface area contributed by atoms with Gasteiger partial charge < -0.3 is 10.5 Å². The molecule has 16 heavy (non-hydrogen) atoms. The van der Waals surface area contributed by atoms with Crippen molar-refractivity contribution >= 4 is 0 Å². The van der Waals surface area contributed by atoms with Crippen molar-refractivity contribution < 1.29 is 4.74 Å². The molecular weight excluding hydrogens is 202 g/mol. The molecule has 1 aromatic heterocycles. The number of methoxy groups -OCH3 is 1. The highest BCUT2D eigenvalue weighted by atomic mass is 16.5. The maximum Gasteiger partial charge on any atom is 0.125 e. The first-order chi connectivity index (χ1) is 7.74. The fourth-order valence-corrected chi connectivity index (χ4v) is 1.78. The third kappa shape index (κ3) is 1.79. The summed E-state index contributed by atoms with van der Waals surface area (Å²) >= 11 is 0. The van der Waals surface area contributed by atoms with Crippen LogP contribution in [-0.4, -0.2) is 16.9 Å². The van der Waals surface area contributed by atoms with Gasteiger partial charge in [0.05, 0.1) is 12.8 Å². The lowest BCUT2D eigenvalue weighted by Crippen LogP contribution is -2.11. The summed E-state index contributed by atoms with van der Waals surface area (Å²) in [5.41, 5.74) is 7.90. The summed E-state index contributed by atoms with van der Waals surface area (Å²) in [5.74, 6) is 0.794. The van der Waals surface area contributed by atoms with E-state index in [1.165, 1.54) is 0 Å². The van der Waals surface area contributed by atoms with E-state index in [9.17, 15) is 0 Å². The monoisotopic (exact) mass is 217 g/mol. The first-order valence-corrected chi connectivity index (χ1v) is 5.16. The number of nitrogens with zero attached hydrogens (tertiary/aromatic N) is 2. The van der Waals surface area contributed by atoms with Crippen LogP contribution in [0.4, 0.5) is 0 Å². The van der Waals surface area contributed by atoms with Crippen molar-refractivity contribution in [2.45, 2.75) is 13.0 Å². The van der Waals surface area contributed by atoms with Gasteiger partial charge in [-0.3, -0.25) is 0 Å². The molecule has 0 fully saturated rings. The molecule has 0 amide bonds. The Labute approximate surface area is 94.6 Å². The van der Waals surface area contributed by atoms with Crippen molar-refractivity contribution in [1.29, 1.82) is 0 Å². The molecule has 4 nitrogen and oxygen atoms in total. The van der Waals surface area contributed by atoms with Crippen LogP contribution in [0.25, 0.3) is 5.69 Å². The molecule has 84 valence electrons. The lowest BCUT2D eigenvalue weighted by atomic mass is 10.1. The quantitative estimate of drug-likeness (QED) is 0.854. The van der Waals surface area contributed by atoms with Crippen molar-refractivity contribution in [2.75, 3.05) is 7.11 Å². The molecule has 1 unspecified atom stereocenters. The highest BCUT2D eigenvalue weighted by Gasteiger charge is 2.14. The molecule has 0 aliphatic carbocycles. The van der Waals surface area contributed by atoms with Gasteiger partial charge in [0.25, 0.3) is 0 Å². The molecule has 1 atom stereocenters. The van der Waals surface area contributed by atoms with Crippen LogP contribution in [0.15, 0.2) is 36.7 Å². The minimum Gasteiger partial charge on any atom is -0.496 e. The zero-order valence-electron chi connectivity index (χ0n) is 9.42. The van der Waals surface area contributed by atoms with Crippen molar-refractivity contribution in [3.63, 3.8) is 0 Å².